The van der Waals surface area contributed by atoms with Crippen LogP contribution in [-0.2, 0) is 6.42 Å². The van der Waals surface area contributed by atoms with E-state index in [1.54, 1.807) is 6.07 Å². The summed E-state index contributed by atoms with van der Waals surface area (Å²) in [6.07, 6.45) is 0.776. The fourth-order valence-corrected chi connectivity index (χ4v) is 1.95. The zero-order valence-corrected chi connectivity index (χ0v) is 10.8. The Bertz CT molecular complexity index is 314. The molecule has 1 atom stereocenters. The molecule has 0 radical (unpaired) electrons. The first-order valence-corrected chi connectivity index (χ1v) is 6.08. The van der Waals surface area contributed by atoms with E-state index >= 15 is 0 Å². The quantitative estimate of drug-likeness (QED) is 0.868. The highest BCUT2D eigenvalue weighted by Gasteiger charge is 2.09. The average Bonchev–Trinajstić information content (AvgIpc) is 2.22. The molecular formula is C12H17BrFN. The molecular weight excluding hydrogens is 257 g/mol. The van der Waals surface area contributed by atoms with Gasteiger partial charge in [0.05, 0.1) is 4.47 Å². The minimum absolute atomic E-state index is 0.124. The van der Waals surface area contributed by atoms with Crippen LogP contribution in [0.2, 0.25) is 0 Å². The predicted octanol–water partition coefficient (Wildman–Crippen LogP) is 3.38. The Labute approximate surface area is 99.2 Å². The standard InChI is InChI=1S/C12H17BrFN/c1-3-15-8-9(2)7-10-5-4-6-11(13)12(10)14/h4-6,9,15H,3,7-8H2,1-2H3. The fourth-order valence-electron chi connectivity index (χ4n) is 1.54. The molecule has 84 valence electrons. The maximum absolute atomic E-state index is 13.6. The number of rotatable bonds is 5. The molecule has 0 saturated carbocycles. The molecule has 1 nitrogen and oxygen atoms in total. The van der Waals surface area contributed by atoms with E-state index in [0.717, 1.165) is 25.1 Å². The van der Waals surface area contributed by atoms with Gasteiger partial charge in [0.15, 0.2) is 0 Å². The summed E-state index contributed by atoms with van der Waals surface area (Å²) in [5.41, 5.74) is 0.787. The van der Waals surface area contributed by atoms with Crippen LogP contribution >= 0.6 is 15.9 Å². The number of benzene rings is 1. The molecule has 0 aromatic heterocycles. The molecule has 0 saturated heterocycles. The van der Waals surface area contributed by atoms with Crippen LogP contribution in [0, 0.1) is 11.7 Å². The van der Waals surface area contributed by atoms with Gasteiger partial charge in [0.1, 0.15) is 5.82 Å². The van der Waals surface area contributed by atoms with Crippen molar-refractivity contribution >= 4 is 15.9 Å². The van der Waals surface area contributed by atoms with Gasteiger partial charge in [-0.2, -0.15) is 0 Å². The highest BCUT2D eigenvalue weighted by atomic mass is 79.9. The van der Waals surface area contributed by atoms with Crippen molar-refractivity contribution in [3.05, 3.63) is 34.1 Å². The molecule has 1 rings (SSSR count). The molecule has 1 N–H and O–H groups in total. The van der Waals surface area contributed by atoms with Gasteiger partial charge in [-0.15, -0.1) is 0 Å². The van der Waals surface area contributed by atoms with Gasteiger partial charge in [0.2, 0.25) is 0 Å². The molecule has 0 heterocycles. The number of halogens is 2. The van der Waals surface area contributed by atoms with Gasteiger partial charge in [-0.3, -0.25) is 0 Å². The Hall–Kier alpha value is -0.410. The Morgan fingerprint density at radius 2 is 2.20 bits per heavy atom. The van der Waals surface area contributed by atoms with Crippen molar-refractivity contribution in [2.45, 2.75) is 20.3 Å². The smallest absolute Gasteiger partial charge is 0.140 e. The maximum atomic E-state index is 13.6. The van der Waals surface area contributed by atoms with Crippen LogP contribution in [-0.4, -0.2) is 13.1 Å². The molecule has 0 bridgehead atoms. The van der Waals surface area contributed by atoms with Gasteiger partial charge in [0.25, 0.3) is 0 Å². The summed E-state index contributed by atoms with van der Waals surface area (Å²) in [5, 5.41) is 3.27. The lowest BCUT2D eigenvalue weighted by Gasteiger charge is -2.12. The highest BCUT2D eigenvalue weighted by molar-refractivity contribution is 9.10. The van der Waals surface area contributed by atoms with E-state index in [9.17, 15) is 4.39 Å². The van der Waals surface area contributed by atoms with Gasteiger partial charge < -0.3 is 5.32 Å². The van der Waals surface area contributed by atoms with E-state index in [1.807, 2.05) is 12.1 Å². The summed E-state index contributed by atoms with van der Waals surface area (Å²) in [4.78, 5) is 0. The van der Waals surface area contributed by atoms with Crippen molar-refractivity contribution in [1.82, 2.24) is 5.32 Å². The van der Waals surface area contributed by atoms with Crippen LogP contribution in [0.1, 0.15) is 19.4 Å². The molecule has 0 amide bonds. The summed E-state index contributed by atoms with van der Waals surface area (Å²) >= 11 is 3.20. The zero-order valence-electron chi connectivity index (χ0n) is 9.19. The largest absolute Gasteiger partial charge is 0.317 e. The molecule has 0 aliphatic heterocycles. The summed E-state index contributed by atoms with van der Waals surface area (Å²) < 4.78 is 14.2. The van der Waals surface area contributed by atoms with E-state index < -0.39 is 0 Å². The zero-order chi connectivity index (χ0) is 11.3. The molecule has 15 heavy (non-hydrogen) atoms. The Kier molecular flexibility index (Phi) is 5.26. The van der Waals surface area contributed by atoms with Crippen molar-refractivity contribution in [3.63, 3.8) is 0 Å². The van der Waals surface area contributed by atoms with Gasteiger partial charge >= 0.3 is 0 Å². The van der Waals surface area contributed by atoms with Gasteiger partial charge in [-0.05, 0) is 53.0 Å². The van der Waals surface area contributed by atoms with Crippen LogP contribution in [0.15, 0.2) is 22.7 Å². The molecule has 3 heteroatoms. The normalized spacial score (nSPS) is 12.8. The third-order valence-electron chi connectivity index (χ3n) is 2.34. The van der Waals surface area contributed by atoms with Crippen molar-refractivity contribution in [3.8, 4) is 0 Å². The second kappa shape index (κ2) is 6.23. The first-order chi connectivity index (χ1) is 7.15. The lowest BCUT2D eigenvalue weighted by Crippen LogP contribution is -2.22. The van der Waals surface area contributed by atoms with E-state index in [4.69, 9.17) is 0 Å². The fraction of sp³-hybridized carbons (Fsp3) is 0.500. The number of nitrogens with one attached hydrogen (secondary N) is 1. The predicted molar refractivity (Wildman–Crippen MR) is 65.5 cm³/mol. The van der Waals surface area contributed by atoms with E-state index in [2.05, 4.69) is 35.1 Å². The van der Waals surface area contributed by atoms with E-state index in [-0.39, 0.29) is 5.82 Å². The van der Waals surface area contributed by atoms with Crippen LogP contribution in [0.4, 0.5) is 4.39 Å². The third-order valence-corrected chi connectivity index (χ3v) is 2.96. The van der Waals surface area contributed by atoms with Crippen molar-refractivity contribution in [2.75, 3.05) is 13.1 Å². The summed E-state index contributed by atoms with van der Waals surface area (Å²) in [6, 6.07) is 5.46. The third kappa shape index (κ3) is 3.92. The number of hydrogen-bond acceptors (Lipinski definition) is 1. The molecule has 0 spiro atoms. The highest BCUT2D eigenvalue weighted by Crippen LogP contribution is 2.20. The molecule has 0 fully saturated rings. The van der Waals surface area contributed by atoms with Crippen LogP contribution < -0.4 is 5.32 Å². The summed E-state index contributed by atoms with van der Waals surface area (Å²) in [6.45, 7) is 6.10. The maximum Gasteiger partial charge on any atom is 0.140 e. The van der Waals surface area contributed by atoms with Gasteiger partial charge in [-0.1, -0.05) is 26.0 Å². The van der Waals surface area contributed by atoms with E-state index in [0.29, 0.717) is 10.4 Å². The first kappa shape index (κ1) is 12.7. The SMILES string of the molecule is CCNCC(C)Cc1cccc(Br)c1F. The molecule has 1 unspecified atom stereocenters. The monoisotopic (exact) mass is 273 g/mol. The van der Waals surface area contributed by atoms with Gasteiger partial charge in [-0.25, -0.2) is 4.39 Å². The van der Waals surface area contributed by atoms with Crippen molar-refractivity contribution in [1.29, 1.82) is 0 Å². The second-order valence-electron chi connectivity index (χ2n) is 3.83. The molecule has 0 aliphatic carbocycles. The van der Waals surface area contributed by atoms with Crippen LogP contribution in [0.3, 0.4) is 0 Å². The Morgan fingerprint density at radius 3 is 2.87 bits per heavy atom. The minimum atomic E-state index is -0.124. The van der Waals surface area contributed by atoms with Crippen molar-refractivity contribution in [2.24, 2.45) is 5.92 Å². The summed E-state index contributed by atoms with van der Waals surface area (Å²) in [7, 11) is 0. The van der Waals surface area contributed by atoms with Crippen LogP contribution in [0.25, 0.3) is 0 Å². The van der Waals surface area contributed by atoms with Crippen molar-refractivity contribution < 1.29 is 4.39 Å². The molecule has 1 aromatic rings. The molecule has 0 aliphatic rings. The van der Waals surface area contributed by atoms with E-state index in [1.165, 1.54) is 0 Å². The topological polar surface area (TPSA) is 12.0 Å². The average molecular weight is 274 g/mol. The van der Waals surface area contributed by atoms with Gasteiger partial charge in [0, 0.05) is 0 Å². The van der Waals surface area contributed by atoms with Crippen LogP contribution in [0.5, 0.6) is 0 Å². The minimum Gasteiger partial charge on any atom is -0.317 e. The number of hydrogen-bond donors (Lipinski definition) is 1. The Balaban J connectivity index is 2.60. The lowest BCUT2D eigenvalue weighted by atomic mass is 10.0. The Morgan fingerprint density at radius 1 is 1.47 bits per heavy atom. The summed E-state index contributed by atoms with van der Waals surface area (Å²) in [5.74, 6) is 0.328. The second-order valence-corrected chi connectivity index (χ2v) is 4.68. The lowest BCUT2D eigenvalue weighted by molar-refractivity contribution is 0.504. The molecule has 1 aromatic carbocycles. The first-order valence-electron chi connectivity index (χ1n) is 5.28.